The number of nitrogens with one attached hydrogen (secondary N) is 2. The lowest BCUT2D eigenvalue weighted by Crippen LogP contribution is -2.42. The van der Waals surface area contributed by atoms with Crippen LogP contribution in [0.4, 0.5) is 0 Å². The molecule has 0 atom stereocenters. The van der Waals surface area contributed by atoms with Gasteiger partial charge in [0.1, 0.15) is 0 Å². The zero-order chi connectivity index (χ0) is 18.2. The predicted octanol–water partition coefficient (Wildman–Crippen LogP) is 3.29. The molecule has 6 heteroatoms. The monoisotopic (exact) mass is 354 g/mol. The third-order valence-electron chi connectivity index (χ3n) is 5.36. The van der Waals surface area contributed by atoms with Gasteiger partial charge in [-0.15, -0.1) is 0 Å². The standard InChI is InChI=1S/C20H30N6/c1-3-20(9-5-6-10-20)16-24-19(21-4-2)23-15-17-8-12-22-18(14-17)26-13-7-11-25-26/h7-8,11-14H,3-6,9-10,15-16H2,1-2H3,(H2,21,23,24). The van der Waals surface area contributed by atoms with Crippen molar-refractivity contribution in [2.45, 2.75) is 52.5 Å². The van der Waals surface area contributed by atoms with Gasteiger partial charge in [0.05, 0.1) is 6.54 Å². The second-order valence-electron chi connectivity index (χ2n) is 7.08. The Labute approximate surface area is 156 Å². The van der Waals surface area contributed by atoms with E-state index in [4.69, 9.17) is 4.99 Å². The largest absolute Gasteiger partial charge is 0.357 e. The molecule has 6 nitrogen and oxygen atoms in total. The molecular formula is C20H30N6. The van der Waals surface area contributed by atoms with Gasteiger partial charge in [0.2, 0.25) is 0 Å². The highest BCUT2D eigenvalue weighted by atomic mass is 15.3. The topological polar surface area (TPSA) is 67.1 Å². The van der Waals surface area contributed by atoms with Crippen molar-refractivity contribution in [2.75, 3.05) is 13.1 Å². The summed E-state index contributed by atoms with van der Waals surface area (Å²) in [6.45, 7) is 6.89. The lowest BCUT2D eigenvalue weighted by molar-refractivity contribution is 0.283. The lowest BCUT2D eigenvalue weighted by atomic mass is 9.83. The summed E-state index contributed by atoms with van der Waals surface area (Å²) in [5.41, 5.74) is 1.56. The van der Waals surface area contributed by atoms with Gasteiger partial charge in [-0.3, -0.25) is 0 Å². The van der Waals surface area contributed by atoms with Crippen LogP contribution in [-0.2, 0) is 6.54 Å². The zero-order valence-corrected chi connectivity index (χ0v) is 15.9. The molecule has 140 valence electrons. The Morgan fingerprint density at radius 1 is 1.23 bits per heavy atom. The minimum atomic E-state index is 0.445. The number of rotatable bonds is 7. The second-order valence-corrected chi connectivity index (χ2v) is 7.08. The van der Waals surface area contributed by atoms with Crippen LogP contribution in [0.2, 0.25) is 0 Å². The van der Waals surface area contributed by atoms with Gasteiger partial charge in [0, 0.05) is 31.7 Å². The van der Waals surface area contributed by atoms with Gasteiger partial charge in [0.25, 0.3) is 0 Å². The minimum Gasteiger partial charge on any atom is -0.357 e. The van der Waals surface area contributed by atoms with Crippen molar-refractivity contribution in [3.05, 3.63) is 42.4 Å². The molecule has 1 aliphatic rings. The van der Waals surface area contributed by atoms with Crippen molar-refractivity contribution in [3.8, 4) is 5.82 Å². The summed E-state index contributed by atoms with van der Waals surface area (Å²) in [6, 6.07) is 5.93. The first-order chi connectivity index (χ1) is 12.7. The Hall–Kier alpha value is -2.37. The van der Waals surface area contributed by atoms with Crippen LogP contribution in [0, 0.1) is 5.41 Å². The molecule has 0 spiro atoms. The van der Waals surface area contributed by atoms with Crippen molar-refractivity contribution in [2.24, 2.45) is 10.4 Å². The molecule has 0 saturated heterocycles. The van der Waals surface area contributed by atoms with E-state index in [1.807, 2.05) is 30.6 Å². The van der Waals surface area contributed by atoms with Crippen LogP contribution in [0.5, 0.6) is 0 Å². The average Bonchev–Trinajstić information content (AvgIpc) is 3.37. The third-order valence-corrected chi connectivity index (χ3v) is 5.36. The minimum absolute atomic E-state index is 0.445. The number of aliphatic imine (C=N–C) groups is 1. The molecule has 26 heavy (non-hydrogen) atoms. The zero-order valence-electron chi connectivity index (χ0n) is 15.9. The molecule has 1 saturated carbocycles. The smallest absolute Gasteiger partial charge is 0.191 e. The van der Waals surface area contributed by atoms with Crippen LogP contribution in [0.3, 0.4) is 0 Å². The molecule has 0 aliphatic heterocycles. The molecule has 0 bridgehead atoms. The number of hydrogen-bond donors (Lipinski definition) is 2. The van der Waals surface area contributed by atoms with E-state index in [0.717, 1.165) is 30.4 Å². The van der Waals surface area contributed by atoms with E-state index in [1.54, 1.807) is 10.9 Å². The van der Waals surface area contributed by atoms with Crippen molar-refractivity contribution in [1.82, 2.24) is 25.4 Å². The van der Waals surface area contributed by atoms with Crippen molar-refractivity contribution < 1.29 is 0 Å². The molecule has 0 radical (unpaired) electrons. The Morgan fingerprint density at radius 3 is 2.77 bits per heavy atom. The average molecular weight is 355 g/mol. The fourth-order valence-electron chi connectivity index (χ4n) is 3.65. The highest BCUT2D eigenvalue weighted by Gasteiger charge is 2.31. The predicted molar refractivity (Wildman–Crippen MR) is 105 cm³/mol. The van der Waals surface area contributed by atoms with E-state index in [-0.39, 0.29) is 0 Å². The summed E-state index contributed by atoms with van der Waals surface area (Å²) < 4.78 is 1.77. The Balaban J connectivity index is 1.64. The molecule has 0 aromatic carbocycles. The molecule has 2 heterocycles. The van der Waals surface area contributed by atoms with Crippen LogP contribution in [0.15, 0.2) is 41.8 Å². The number of hydrogen-bond acceptors (Lipinski definition) is 3. The first-order valence-corrected chi connectivity index (χ1v) is 9.72. The summed E-state index contributed by atoms with van der Waals surface area (Å²) in [5.74, 6) is 1.71. The van der Waals surface area contributed by atoms with E-state index in [1.165, 1.54) is 32.1 Å². The van der Waals surface area contributed by atoms with Gasteiger partial charge >= 0.3 is 0 Å². The summed E-state index contributed by atoms with van der Waals surface area (Å²) >= 11 is 0. The second kappa shape index (κ2) is 8.83. The lowest BCUT2D eigenvalue weighted by Gasteiger charge is -2.28. The van der Waals surface area contributed by atoms with E-state index >= 15 is 0 Å². The fourth-order valence-corrected chi connectivity index (χ4v) is 3.65. The van der Waals surface area contributed by atoms with Crippen molar-refractivity contribution in [1.29, 1.82) is 0 Å². The highest BCUT2D eigenvalue weighted by Crippen LogP contribution is 2.40. The molecule has 2 aromatic heterocycles. The molecule has 0 amide bonds. The van der Waals surface area contributed by atoms with Gasteiger partial charge in [-0.05, 0) is 55.4 Å². The number of nitrogens with zero attached hydrogens (tertiary/aromatic N) is 4. The molecule has 2 N–H and O–H groups in total. The molecule has 1 fully saturated rings. The van der Waals surface area contributed by atoms with E-state index in [9.17, 15) is 0 Å². The van der Waals surface area contributed by atoms with Crippen LogP contribution in [-0.4, -0.2) is 33.8 Å². The number of aromatic nitrogens is 3. The maximum atomic E-state index is 4.77. The van der Waals surface area contributed by atoms with Gasteiger partial charge in [-0.25, -0.2) is 14.7 Å². The molecule has 1 aliphatic carbocycles. The Morgan fingerprint density at radius 2 is 2.08 bits per heavy atom. The highest BCUT2D eigenvalue weighted by molar-refractivity contribution is 5.79. The van der Waals surface area contributed by atoms with Gasteiger partial charge in [-0.1, -0.05) is 19.8 Å². The first kappa shape index (κ1) is 18.4. The van der Waals surface area contributed by atoms with Gasteiger partial charge in [-0.2, -0.15) is 5.10 Å². The van der Waals surface area contributed by atoms with Gasteiger partial charge in [0.15, 0.2) is 11.8 Å². The Kier molecular flexibility index (Phi) is 6.26. The van der Waals surface area contributed by atoms with Crippen LogP contribution >= 0.6 is 0 Å². The first-order valence-electron chi connectivity index (χ1n) is 9.72. The SMILES string of the molecule is CCNC(=NCc1ccnc(-n2cccn2)c1)NCC1(CC)CCCC1. The van der Waals surface area contributed by atoms with Crippen molar-refractivity contribution in [3.63, 3.8) is 0 Å². The normalized spacial score (nSPS) is 16.6. The van der Waals surface area contributed by atoms with Crippen LogP contribution < -0.4 is 10.6 Å². The molecular weight excluding hydrogens is 324 g/mol. The Bertz CT molecular complexity index is 701. The fraction of sp³-hybridized carbons (Fsp3) is 0.550. The number of pyridine rings is 1. The molecule has 2 aromatic rings. The van der Waals surface area contributed by atoms with E-state index in [2.05, 4.69) is 34.6 Å². The molecule has 3 rings (SSSR count). The van der Waals surface area contributed by atoms with Gasteiger partial charge < -0.3 is 10.6 Å². The van der Waals surface area contributed by atoms with E-state index in [0.29, 0.717) is 12.0 Å². The number of guanidine groups is 1. The maximum Gasteiger partial charge on any atom is 0.191 e. The van der Waals surface area contributed by atoms with Crippen LogP contribution in [0.1, 0.15) is 51.5 Å². The maximum absolute atomic E-state index is 4.77. The quantitative estimate of drug-likeness (QED) is 0.591. The summed E-state index contributed by atoms with van der Waals surface area (Å²) in [4.78, 5) is 9.14. The summed E-state index contributed by atoms with van der Waals surface area (Å²) in [6.07, 6.45) is 12.1. The third kappa shape index (κ3) is 4.62. The van der Waals surface area contributed by atoms with Crippen molar-refractivity contribution >= 4 is 5.96 Å². The summed E-state index contributed by atoms with van der Waals surface area (Å²) in [5, 5.41) is 11.2. The molecule has 0 unspecified atom stereocenters. The summed E-state index contributed by atoms with van der Waals surface area (Å²) in [7, 11) is 0. The van der Waals surface area contributed by atoms with Crippen LogP contribution in [0.25, 0.3) is 5.82 Å². The van der Waals surface area contributed by atoms with E-state index < -0.39 is 0 Å².